The monoisotopic (exact) mass is 443 g/mol. The molecule has 7 nitrogen and oxygen atoms in total. The molecule has 2 saturated heterocycles. The van der Waals surface area contributed by atoms with Crippen LogP contribution in [-0.4, -0.2) is 35.2 Å². The second-order valence-corrected chi connectivity index (χ2v) is 8.09. The minimum atomic E-state index is -0.432. The zero-order chi connectivity index (χ0) is 22.6. The van der Waals surface area contributed by atoms with Crippen LogP contribution in [0.5, 0.6) is 0 Å². The van der Waals surface area contributed by atoms with Crippen LogP contribution in [0.1, 0.15) is 47.3 Å². The number of methoxy groups -OCH3 is 1. The Hall–Kier alpha value is -3.55. The van der Waals surface area contributed by atoms with E-state index < -0.39 is 6.10 Å². The predicted molar refractivity (Wildman–Crippen MR) is 124 cm³/mol. The maximum absolute atomic E-state index is 12.4. The topological polar surface area (TPSA) is 86.5 Å². The van der Waals surface area contributed by atoms with Crippen molar-refractivity contribution in [1.29, 1.82) is 0 Å². The number of amides is 1. The summed E-state index contributed by atoms with van der Waals surface area (Å²) < 4.78 is 16.8. The zero-order valence-corrected chi connectivity index (χ0v) is 18.3. The number of ether oxygens (including phenoxy) is 2. The highest BCUT2D eigenvalue weighted by molar-refractivity contribution is 6.06. The fourth-order valence-corrected chi connectivity index (χ4v) is 4.17. The highest BCUT2D eigenvalue weighted by Gasteiger charge is 2.36. The normalized spacial score (nSPS) is 19.3. The van der Waals surface area contributed by atoms with Gasteiger partial charge in [-0.15, -0.1) is 0 Å². The van der Waals surface area contributed by atoms with Crippen molar-refractivity contribution < 1.29 is 18.7 Å². The van der Waals surface area contributed by atoms with Gasteiger partial charge in [0.1, 0.15) is 11.2 Å². The Labute approximate surface area is 191 Å². The molecule has 3 fully saturated rings. The molecule has 2 aliphatic heterocycles. The SMILES string of the molecule is C1CC2CC1O2.COC(c1ccccc1)c1nc2cccc(NC(=O)c3ccccn3)c2o1. The van der Waals surface area contributed by atoms with Crippen molar-refractivity contribution in [3.8, 4) is 0 Å². The standard InChI is InChI=1S/C21H17N3O3.C5H8O/c1-26-18(14-8-3-2-4-9-14)21-24-16-12-7-11-15(19(16)27-21)23-20(25)17-10-5-6-13-22-17;1-2-5-3-4(1)6-5/h2-13,18H,1H3,(H,23,25);4-5H,1-3H2. The van der Waals surface area contributed by atoms with Crippen LogP contribution in [-0.2, 0) is 9.47 Å². The Morgan fingerprint density at radius 3 is 2.42 bits per heavy atom. The summed E-state index contributed by atoms with van der Waals surface area (Å²) in [7, 11) is 1.61. The number of carbonyl (C=O) groups excluding carboxylic acids is 1. The van der Waals surface area contributed by atoms with E-state index in [9.17, 15) is 4.79 Å². The first-order valence-electron chi connectivity index (χ1n) is 11.1. The summed E-state index contributed by atoms with van der Waals surface area (Å²) in [5.41, 5.74) is 2.93. The first-order chi connectivity index (χ1) is 16.2. The van der Waals surface area contributed by atoms with E-state index in [1.165, 1.54) is 19.3 Å². The number of oxazole rings is 1. The van der Waals surface area contributed by atoms with Crippen LogP contribution >= 0.6 is 0 Å². The quantitative estimate of drug-likeness (QED) is 0.459. The van der Waals surface area contributed by atoms with Gasteiger partial charge >= 0.3 is 0 Å². The van der Waals surface area contributed by atoms with E-state index in [0.29, 0.717) is 40.6 Å². The van der Waals surface area contributed by atoms with E-state index in [-0.39, 0.29) is 5.91 Å². The third-order valence-corrected chi connectivity index (χ3v) is 5.86. The van der Waals surface area contributed by atoms with Gasteiger partial charge in [0.2, 0.25) is 5.89 Å². The zero-order valence-electron chi connectivity index (χ0n) is 18.3. The highest BCUT2D eigenvalue weighted by Crippen LogP contribution is 2.36. The molecule has 4 aromatic rings. The molecule has 0 spiro atoms. The van der Waals surface area contributed by atoms with Crippen LogP contribution < -0.4 is 5.32 Å². The highest BCUT2D eigenvalue weighted by atomic mass is 16.5. The predicted octanol–water partition coefficient (Wildman–Crippen LogP) is 5.15. The number of hydrogen-bond donors (Lipinski definition) is 1. The Kier molecular flexibility index (Phi) is 6.15. The molecule has 1 saturated carbocycles. The molecule has 33 heavy (non-hydrogen) atoms. The largest absolute Gasteiger partial charge is 0.435 e. The summed E-state index contributed by atoms with van der Waals surface area (Å²) in [6, 6.07) is 20.3. The van der Waals surface area contributed by atoms with Gasteiger partial charge in [-0.25, -0.2) is 4.98 Å². The van der Waals surface area contributed by atoms with Gasteiger partial charge in [-0.3, -0.25) is 9.78 Å². The smallest absolute Gasteiger partial charge is 0.274 e. The van der Waals surface area contributed by atoms with Crippen molar-refractivity contribution in [3.05, 3.63) is 90.1 Å². The number of nitrogens with zero attached hydrogens (tertiary/aromatic N) is 2. The lowest BCUT2D eigenvalue weighted by molar-refractivity contribution is -0.0647. The van der Waals surface area contributed by atoms with E-state index >= 15 is 0 Å². The van der Waals surface area contributed by atoms with Gasteiger partial charge in [0.25, 0.3) is 5.91 Å². The Bertz CT molecular complexity index is 1210. The van der Waals surface area contributed by atoms with Crippen molar-refractivity contribution in [1.82, 2.24) is 9.97 Å². The Balaban J connectivity index is 0.000000324. The van der Waals surface area contributed by atoms with Gasteiger partial charge in [-0.2, -0.15) is 0 Å². The van der Waals surface area contributed by atoms with Crippen LogP contribution in [0.2, 0.25) is 0 Å². The fourth-order valence-electron chi connectivity index (χ4n) is 4.17. The number of pyridine rings is 1. The fraction of sp³-hybridized carbons (Fsp3) is 0.269. The molecule has 7 heteroatoms. The van der Waals surface area contributed by atoms with E-state index in [2.05, 4.69) is 15.3 Å². The molecule has 3 aliphatic rings. The first-order valence-corrected chi connectivity index (χ1v) is 11.1. The average molecular weight is 444 g/mol. The molecule has 3 unspecified atom stereocenters. The number of aromatic nitrogens is 2. The lowest BCUT2D eigenvalue weighted by Crippen LogP contribution is -2.25. The van der Waals surface area contributed by atoms with E-state index in [0.717, 1.165) is 5.56 Å². The third kappa shape index (κ3) is 4.65. The van der Waals surface area contributed by atoms with Crippen molar-refractivity contribution in [3.63, 3.8) is 0 Å². The van der Waals surface area contributed by atoms with Crippen molar-refractivity contribution in [2.45, 2.75) is 37.6 Å². The molecule has 2 aromatic heterocycles. The summed E-state index contributed by atoms with van der Waals surface area (Å²) in [5, 5.41) is 2.84. The summed E-state index contributed by atoms with van der Waals surface area (Å²) >= 11 is 0. The Morgan fingerprint density at radius 2 is 1.79 bits per heavy atom. The molecule has 3 atom stereocenters. The number of rotatable bonds is 5. The molecule has 4 heterocycles. The molecule has 168 valence electrons. The van der Waals surface area contributed by atoms with Gasteiger partial charge in [-0.1, -0.05) is 42.5 Å². The van der Waals surface area contributed by atoms with Gasteiger partial charge in [0.05, 0.1) is 17.9 Å². The Morgan fingerprint density at radius 1 is 1.03 bits per heavy atom. The lowest BCUT2D eigenvalue weighted by atomic mass is 10.1. The van der Waals surface area contributed by atoms with Gasteiger partial charge in [0.15, 0.2) is 11.7 Å². The molecule has 7 rings (SSSR count). The number of carbonyl (C=O) groups is 1. The van der Waals surface area contributed by atoms with Crippen molar-refractivity contribution in [2.24, 2.45) is 0 Å². The van der Waals surface area contributed by atoms with Crippen LogP contribution in [0.4, 0.5) is 5.69 Å². The molecule has 1 N–H and O–H groups in total. The number of para-hydroxylation sites is 1. The van der Waals surface area contributed by atoms with Crippen LogP contribution in [0.15, 0.2) is 77.3 Å². The third-order valence-electron chi connectivity index (χ3n) is 5.86. The molecule has 2 bridgehead atoms. The summed E-state index contributed by atoms with van der Waals surface area (Å²) in [6.45, 7) is 0. The van der Waals surface area contributed by atoms with Gasteiger partial charge in [-0.05, 0) is 49.1 Å². The molecule has 1 aliphatic carbocycles. The molecular weight excluding hydrogens is 418 g/mol. The summed E-state index contributed by atoms with van der Waals surface area (Å²) in [5.74, 6) is 0.116. The van der Waals surface area contributed by atoms with Crippen LogP contribution in [0.25, 0.3) is 11.1 Å². The number of hydrogen-bond acceptors (Lipinski definition) is 6. The second-order valence-electron chi connectivity index (χ2n) is 8.09. The van der Waals surface area contributed by atoms with E-state index in [1.807, 2.05) is 42.5 Å². The second kappa shape index (κ2) is 9.52. The number of anilines is 1. The van der Waals surface area contributed by atoms with Gasteiger partial charge in [0, 0.05) is 13.3 Å². The minimum Gasteiger partial charge on any atom is -0.435 e. The average Bonchev–Trinajstić information content (AvgIpc) is 3.59. The minimum absolute atomic E-state index is 0.313. The maximum Gasteiger partial charge on any atom is 0.274 e. The summed E-state index contributed by atoms with van der Waals surface area (Å²) in [6.07, 6.45) is 6.56. The van der Waals surface area contributed by atoms with Crippen LogP contribution in [0.3, 0.4) is 0 Å². The number of fused-ring (bicyclic) bond motifs is 2. The van der Waals surface area contributed by atoms with Gasteiger partial charge < -0.3 is 19.2 Å². The maximum atomic E-state index is 12.4. The van der Waals surface area contributed by atoms with Crippen LogP contribution in [0, 0.1) is 0 Å². The molecular formula is C26H25N3O4. The number of nitrogens with one attached hydrogen (secondary N) is 1. The molecule has 0 radical (unpaired) electrons. The first kappa shape index (κ1) is 21.3. The van der Waals surface area contributed by atoms with E-state index in [1.54, 1.807) is 37.6 Å². The lowest BCUT2D eigenvalue weighted by Gasteiger charge is -2.23. The molecule has 2 aromatic carbocycles. The van der Waals surface area contributed by atoms with E-state index in [4.69, 9.17) is 13.9 Å². The molecule has 1 amide bonds. The van der Waals surface area contributed by atoms with Crippen molar-refractivity contribution >= 4 is 22.7 Å². The van der Waals surface area contributed by atoms with Crippen molar-refractivity contribution in [2.75, 3.05) is 12.4 Å². The summed E-state index contributed by atoms with van der Waals surface area (Å²) in [4.78, 5) is 21.0. The number of benzene rings is 2.